The van der Waals surface area contributed by atoms with Crippen LogP contribution in [0.2, 0.25) is 0 Å². The van der Waals surface area contributed by atoms with Crippen molar-refractivity contribution in [3.05, 3.63) is 55.4 Å². The molecule has 1 aromatic carbocycles. The van der Waals surface area contributed by atoms with E-state index in [1.54, 1.807) is 19.9 Å². The number of ether oxygens (including phenoxy) is 1. The van der Waals surface area contributed by atoms with Crippen LogP contribution in [0.1, 0.15) is 56.5 Å². The highest BCUT2D eigenvalue weighted by atomic mass is 32.1. The van der Waals surface area contributed by atoms with Crippen LogP contribution in [0.5, 0.6) is 0 Å². The fourth-order valence-electron chi connectivity index (χ4n) is 3.20. The number of nitro groups is 1. The van der Waals surface area contributed by atoms with Crippen LogP contribution in [-0.2, 0) is 17.6 Å². The van der Waals surface area contributed by atoms with Crippen molar-refractivity contribution in [3.8, 4) is 0 Å². The van der Waals surface area contributed by atoms with Gasteiger partial charge in [0.15, 0.2) is 0 Å². The van der Waals surface area contributed by atoms with E-state index in [-0.39, 0.29) is 17.9 Å². The lowest BCUT2D eigenvalue weighted by molar-refractivity contribution is -0.385. The van der Waals surface area contributed by atoms with Crippen LogP contribution in [0.3, 0.4) is 0 Å². The second-order valence-electron chi connectivity index (χ2n) is 6.35. The maximum atomic E-state index is 12.7. The summed E-state index contributed by atoms with van der Waals surface area (Å²) >= 11 is 1.39. The Balaban J connectivity index is 1.94. The number of nitrogens with one attached hydrogen (secondary N) is 1. The second kappa shape index (κ2) is 7.87. The molecule has 1 aromatic heterocycles. The number of esters is 1. The number of carbonyl (C=O) groups excluding carboxylic acids is 2. The second-order valence-corrected chi connectivity index (χ2v) is 7.45. The maximum absolute atomic E-state index is 12.7. The highest BCUT2D eigenvalue weighted by Gasteiger charge is 2.27. The largest absolute Gasteiger partial charge is 0.462 e. The molecule has 1 heterocycles. The fourth-order valence-corrected chi connectivity index (χ4v) is 4.47. The summed E-state index contributed by atoms with van der Waals surface area (Å²) in [6.07, 6.45) is 3.70. The van der Waals surface area contributed by atoms with Crippen molar-refractivity contribution < 1.29 is 19.2 Å². The first kappa shape index (κ1) is 19.0. The molecule has 0 atom stereocenters. The SMILES string of the molecule is CCOC(=O)c1c(NC(=O)c2ccc(C)c([N+](=O)[O-])c2)sc2c1CCCC2. The summed E-state index contributed by atoms with van der Waals surface area (Å²) < 4.78 is 5.17. The van der Waals surface area contributed by atoms with Crippen molar-refractivity contribution in [3.63, 3.8) is 0 Å². The van der Waals surface area contributed by atoms with Gasteiger partial charge >= 0.3 is 5.97 Å². The molecule has 0 radical (unpaired) electrons. The highest BCUT2D eigenvalue weighted by molar-refractivity contribution is 7.17. The minimum absolute atomic E-state index is 0.112. The number of carbonyl (C=O) groups is 2. The first-order valence-corrected chi connectivity index (χ1v) is 9.62. The molecule has 3 rings (SSSR count). The van der Waals surface area contributed by atoms with Gasteiger partial charge in [0.2, 0.25) is 0 Å². The molecule has 1 amide bonds. The Morgan fingerprint density at radius 1 is 1.30 bits per heavy atom. The number of amides is 1. The third-order valence-corrected chi connectivity index (χ3v) is 5.75. The number of aryl methyl sites for hydroxylation is 2. The maximum Gasteiger partial charge on any atom is 0.341 e. The monoisotopic (exact) mass is 388 g/mol. The van der Waals surface area contributed by atoms with E-state index >= 15 is 0 Å². The van der Waals surface area contributed by atoms with Crippen LogP contribution < -0.4 is 5.32 Å². The van der Waals surface area contributed by atoms with Crippen LogP contribution >= 0.6 is 11.3 Å². The van der Waals surface area contributed by atoms with E-state index in [2.05, 4.69) is 5.32 Å². The van der Waals surface area contributed by atoms with E-state index < -0.39 is 16.8 Å². The molecule has 0 spiro atoms. The molecule has 0 aliphatic heterocycles. The number of hydrogen-bond donors (Lipinski definition) is 1. The Kier molecular flexibility index (Phi) is 5.55. The third kappa shape index (κ3) is 3.85. The van der Waals surface area contributed by atoms with E-state index in [0.29, 0.717) is 16.1 Å². The number of thiophene rings is 1. The molecule has 0 saturated heterocycles. The molecule has 0 unspecified atom stereocenters. The molecule has 8 heteroatoms. The quantitative estimate of drug-likeness (QED) is 0.468. The van der Waals surface area contributed by atoms with E-state index in [1.165, 1.54) is 23.5 Å². The fraction of sp³-hybridized carbons (Fsp3) is 0.368. The van der Waals surface area contributed by atoms with Crippen LogP contribution in [-0.4, -0.2) is 23.4 Å². The number of anilines is 1. The molecule has 1 aliphatic rings. The van der Waals surface area contributed by atoms with Crippen LogP contribution in [0.15, 0.2) is 18.2 Å². The Morgan fingerprint density at radius 2 is 2.04 bits per heavy atom. The lowest BCUT2D eigenvalue weighted by Gasteiger charge is -2.12. The normalized spacial score (nSPS) is 13.0. The first-order valence-electron chi connectivity index (χ1n) is 8.80. The Morgan fingerprint density at radius 3 is 2.74 bits per heavy atom. The van der Waals surface area contributed by atoms with E-state index in [9.17, 15) is 19.7 Å². The van der Waals surface area contributed by atoms with E-state index in [0.717, 1.165) is 36.1 Å². The predicted molar refractivity (Wildman–Crippen MR) is 103 cm³/mol. The molecule has 7 nitrogen and oxygen atoms in total. The molecule has 0 bridgehead atoms. The zero-order valence-electron chi connectivity index (χ0n) is 15.2. The van der Waals surface area contributed by atoms with Crippen molar-refractivity contribution in [2.45, 2.75) is 39.5 Å². The molecular weight excluding hydrogens is 368 g/mol. The van der Waals surface area contributed by atoms with Crippen LogP contribution in [0.25, 0.3) is 0 Å². The van der Waals surface area contributed by atoms with Gasteiger partial charge in [-0.3, -0.25) is 14.9 Å². The van der Waals surface area contributed by atoms with Gasteiger partial charge < -0.3 is 10.1 Å². The van der Waals surface area contributed by atoms with Gasteiger partial charge in [0.1, 0.15) is 5.00 Å². The third-order valence-electron chi connectivity index (χ3n) is 4.55. The van der Waals surface area contributed by atoms with Crippen molar-refractivity contribution in [2.75, 3.05) is 11.9 Å². The summed E-state index contributed by atoms with van der Waals surface area (Å²) in [7, 11) is 0. The number of fused-ring (bicyclic) bond motifs is 1. The minimum atomic E-state index is -0.514. The summed E-state index contributed by atoms with van der Waals surface area (Å²) in [4.78, 5) is 36.8. The molecule has 142 valence electrons. The van der Waals surface area contributed by atoms with E-state index in [4.69, 9.17) is 4.74 Å². The van der Waals surface area contributed by atoms with Gasteiger partial charge in [-0.2, -0.15) is 0 Å². The van der Waals surface area contributed by atoms with Crippen LogP contribution in [0.4, 0.5) is 10.7 Å². The molecule has 1 N–H and O–H groups in total. The summed E-state index contributed by atoms with van der Waals surface area (Å²) in [6, 6.07) is 4.33. The topological polar surface area (TPSA) is 98.5 Å². The number of rotatable bonds is 5. The smallest absolute Gasteiger partial charge is 0.341 e. The van der Waals surface area contributed by atoms with Gasteiger partial charge in [-0.1, -0.05) is 6.07 Å². The van der Waals surface area contributed by atoms with E-state index in [1.807, 2.05) is 0 Å². The minimum Gasteiger partial charge on any atom is -0.462 e. The Hall–Kier alpha value is -2.74. The summed E-state index contributed by atoms with van der Waals surface area (Å²) in [5, 5.41) is 14.3. The molecule has 0 saturated carbocycles. The van der Waals surface area contributed by atoms with Gasteiger partial charge in [0.25, 0.3) is 11.6 Å². The number of hydrogen-bond acceptors (Lipinski definition) is 6. The van der Waals surface area contributed by atoms with Crippen molar-refractivity contribution >= 4 is 33.9 Å². The number of nitrogens with zero attached hydrogens (tertiary/aromatic N) is 1. The highest BCUT2D eigenvalue weighted by Crippen LogP contribution is 2.39. The van der Waals surface area contributed by atoms with Gasteiger partial charge in [-0.25, -0.2) is 4.79 Å². The standard InChI is InChI=1S/C19H20N2O5S/c1-3-26-19(23)16-13-6-4-5-7-15(13)27-18(16)20-17(22)12-9-8-11(2)14(10-12)21(24)25/h8-10H,3-7H2,1-2H3,(H,20,22). The van der Waals surface area contributed by atoms with Crippen molar-refractivity contribution in [2.24, 2.45) is 0 Å². The number of benzene rings is 1. The van der Waals surface area contributed by atoms with Gasteiger partial charge in [-0.15, -0.1) is 11.3 Å². The molecule has 0 fully saturated rings. The Bertz CT molecular complexity index is 919. The first-order chi connectivity index (χ1) is 12.9. The molecule has 2 aromatic rings. The Labute approximate surface area is 160 Å². The van der Waals surface area contributed by atoms with Crippen molar-refractivity contribution in [1.29, 1.82) is 0 Å². The predicted octanol–water partition coefficient (Wildman–Crippen LogP) is 4.27. The number of nitro benzene ring substituents is 1. The van der Waals surface area contributed by atoms with Crippen LogP contribution in [0, 0.1) is 17.0 Å². The summed E-state index contributed by atoms with van der Waals surface area (Å²) in [5.74, 6) is -0.927. The van der Waals surface area contributed by atoms with Gasteiger partial charge in [0, 0.05) is 22.1 Å². The van der Waals surface area contributed by atoms with Gasteiger partial charge in [-0.05, 0) is 51.2 Å². The zero-order valence-corrected chi connectivity index (χ0v) is 16.0. The van der Waals surface area contributed by atoms with Crippen molar-refractivity contribution in [1.82, 2.24) is 0 Å². The summed E-state index contributed by atoms with van der Waals surface area (Å²) in [6.45, 7) is 3.60. The lowest BCUT2D eigenvalue weighted by Crippen LogP contribution is -2.16. The summed E-state index contributed by atoms with van der Waals surface area (Å²) in [5.41, 5.74) is 1.92. The average Bonchev–Trinajstić information content (AvgIpc) is 2.99. The zero-order chi connectivity index (χ0) is 19.6. The lowest BCUT2D eigenvalue weighted by atomic mass is 9.95. The average molecular weight is 388 g/mol. The molecular formula is C19H20N2O5S. The van der Waals surface area contributed by atoms with Gasteiger partial charge in [0.05, 0.1) is 17.1 Å². The molecule has 27 heavy (non-hydrogen) atoms. The molecule has 1 aliphatic carbocycles.